The van der Waals surface area contributed by atoms with Crippen LogP contribution in [0.3, 0.4) is 0 Å². The maximum atomic E-state index is 12.5. The Morgan fingerprint density at radius 3 is 2.70 bits per heavy atom. The van der Waals surface area contributed by atoms with E-state index >= 15 is 0 Å². The van der Waals surface area contributed by atoms with Crippen molar-refractivity contribution in [1.82, 2.24) is 19.6 Å². The number of piperazine rings is 1. The number of benzene rings is 1. The van der Waals surface area contributed by atoms with Crippen molar-refractivity contribution in [3.63, 3.8) is 0 Å². The lowest BCUT2D eigenvalue weighted by Crippen LogP contribution is -2.48. The first kappa shape index (κ1) is 18.3. The van der Waals surface area contributed by atoms with E-state index in [-0.39, 0.29) is 5.91 Å². The lowest BCUT2D eigenvalue weighted by atomic mass is 10.1. The number of nitrogens with zero attached hydrogens (tertiary/aromatic N) is 4. The van der Waals surface area contributed by atoms with Crippen molar-refractivity contribution >= 4 is 21.8 Å². The highest BCUT2D eigenvalue weighted by Gasteiger charge is 2.22. The summed E-state index contributed by atoms with van der Waals surface area (Å²) in [5, 5.41) is 4.38. The van der Waals surface area contributed by atoms with Crippen LogP contribution in [0.25, 0.3) is 0 Å². The van der Waals surface area contributed by atoms with Gasteiger partial charge in [0.1, 0.15) is 0 Å². The van der Waals surface area contributed by atoms with E-state index in [1.54, 1.807) is 0 Å². The number of hydrogen-bond acceptors (Lipinski definition) is 5. The number of halogens is 1. The molecule has 27 heavy (non-hydrogen) atoms. The zero-order chi connectivity index (χ0) is 18.8. The van der Waals surface area contributed by atoms with Gasteiger partial charge in [-0.25, -0.2) is 0 Å². The van der Waals surface area contributed by atoms with Gasteiger partial charge in [0.05, 0.1) is 10.2 Å². The quantitative estimate of drug-likeness (QED) is 0.722. The highest BCUT2D eigenvalue weighted by molar-refractivity contribution is 9.10. The van der Waals surface area contributed by atoms with Crippen LogP contribution >= 0.6 is 15.9 Å². The maximum absolute atomic E-state index is 12.5. The topological polar surface area (TPSA) is 59.8 Å². The van der Waals surface area contributed by atoms with Gasteiger partial charge in [0.2, 0.25) is 12.7 Å². The van der Waals surface area contributed by atoms with E-state index in [0.717, 1.165) is 54.4 Å². The van der Waals surface area contributed by atoms with Crippen molar-refractivity contribution in [1.29, 1.82) is 0 Å². The van der Waals surface area contributed by atoms with Crippen molar-refractivity contribution in [2.45, 2.75) is 26.4 Å². The summed E-state index contributed by atoms with van der Waals surface area (Å²) >= 11 is 3.45. The second kappa shape index (κ2) is 7.90. The summed E-state index contributed by atoms with van der Waals surface area (Å²) in [6.45, 7) is 7.02. The molecule has 0 N–H and O–H groups in total. The molecule has 0 bridgehead atoms. The third kappa shape index (κ3) is 4.27. The number of amides is 1. The Morgan fingerprint density at radius 1 is 1.19 bits per heavy atom. The van der Waals surface area contributed by atoms with Crippen LogP contribution in [0.4, 0.5) is 0 Å². The molecule has 0 spiro atoms. The molecule has 4 rings (SSSR count). The molecule has 2 aromatic rings. The summed E-state index contributed by atoms with van der Waals surface area (Å²) < 4.78 is 13.6. The molecular formula is C19H23BrN4O3. The zero-order valence-electron chi connectivity index (χ0n) is 15.4. The van der Waals surface area contributed by atoms with Crippen LogP contribution < -0.4 is 9.47 Å². The van der Waals surface area contributed by atoms with Crippen LogP contribution in [-0.4, -0.2) is 58.5 Å². The highest BCUT2D eigenvalue weighted by atomic mass is 79.9. The number of carbonyl (C=O) groups is 1. The lowest BCUT2D eigenvalue weighted by Gasteiger charge is -2.34. The first-order valence-electron chi connectivity index (χ1n) is 9.17. The van der Waals surface area contributed by atoms with Gasteiger partial charge in [-0.3, -0.25) is 14.4 Å². The van der Waals surface area contributed by atoms with E-state index in [9.17, 15) is 4.79 Å². The largest absolute Gasteiger partial charge is 0.454 e. The molecular weight excluding hydrogens is 412 g/mol. The van der Waals surface area contributed by atoms with Crippen LogP contribution in [0.2, 0.25) is 0 Å². The SMILES string of the molecule is Cc1nn(CCC(=O)N2CCN(Cc3ccc4c(c3)OCO4)CC2)cc1Br. The third-order valence-corrected chi connectivity index (χ3v) is 5.79. The molecule has 144 valence electrons. The highest BCUT2D eigenvalue weighted by Crippen LogP contribution is 2.32. The molecule has 1 amide bonds. The fraction of sp³-hybridized carbons (Fsp3) is 0.474. The molecule has 1 aromatic heterocycles. The summed E-state index contributed by atoms with van der Waals surface area (Å²) in [5.41, 5.74) is 2.15. The zero-order valence-corrected chi connectivity index (χ0v) is 16.9. The monoisotopic (exact) mass is 434 g/mol. The Labute approximate surface area is 167 Å². The molecule has 0 atom stereocenters. The van der Waals surface area contributed by atoms with Gasteiger partial charge in [-0.1, -0.05) is 6.07 Å². The van der Waals surface area contributed by atoms with Gasteiger partial charge in [0, 0.05) is 51.9 Å². The summed E-state index contributed by atoms with van der Waals surface area (Å²) in [7, 11) is 0. The van der Waals surface area contributed by atoms with Crippen molar-refractivity contribution < 1.29 is 14.3 Å². The second-order valence-corrected chi connectivity index (χ2v) is 7.77. The minimum absolute atomic E-state index is 0.196. The minimum atomic E-state index is 0.196. The van der Waals surface area contributed by atoms with E-state index in [1.807, 2.05) is 34.8 Å². The molecule has 1 fully saturated rings. The van der Waals surface area contributed by atoms with Crippen molar-refractivity contribution in [2.24, 2.45) is 0 Å². The smallest absolute Gasteiger partial charge is 0.231 e. The van der Waals surface area contributed by atoms with Crippen LogP contribution in [-0.2, 0) is 17.9 Å². The van der Waals surface area contributed by atoms with E-state index in [2.05, 4.69) is 32.0 Å². The van der Waals surface area contributed by atoms with Crippen molar-refractivity contribution in [3.8, 4) is 11.5 Å². The molecule has 8 heteroatoms. The molecule has 0 unspecified atom stereocenters. The Balaban J connectivity index is 1.24. The van der Waals surface area contributed by atoms with Gasteiger partial charge in [0.25, 0.3) is 0 Å². The number of carbonyl (C=O) groups excluding carboxylic acids is 1. The van der Waals surface area contributed by atoms with Crippen molar-refractivity contribution in [3.05, 3.63) is 40.1 Å². The maximum Gasteiger partial charge on any atom is 0.231 e. The van der Waals surface area contributed by atoms with Gasteiger partial charge in [-0.2, -0.15) is 5.10 Å². The Morgan fingerprint density at radius 2 is 1.96 bits per heavy atom. The molecule has 0 aliphatic carbocycles. The Kier molecular flexibility index (Phi) is 5.36. The first-order valence-corrected chi connectivity index (χ1v) is 9.96. The van der Waals surface area contributed by atoms with Crippen LogP contribution in [0.15, 0.2) is 28.9 Å². The van der Waals surface area contributed by atoms with Gasteiger partial charge in [0.15, 0.2) is 11.5 Å². The standard InChI is InChI=1S/C19H23BrN4O3/c1-14-16(20)12-24(21-14)5-4-19(25)23-8-6-22(7-9-23)11-15-2-3-17-18(10-15)27-13-26-17/h2-3,10,12H,4-9,11,13H2,1H3. The molecule has 0 saturated carbocycles. The minimum Gasteiger partial charge on any atom is -0.454 e. The summed E-state index contributed by atoms with van der Waals surface area (Å²) in [6, 6.07) is 6.09. The van der Waals surface area contributed by atoms with E-state index in [1.165, 1.54) is 5.56 Å². The fourth-order valence-corrected chi connectivity index (χ4v) is 3.74. The van der Waals surface area contributed by atoms with Gasteiger partial charge in [-0.15, -0.1) is 0 Å². The number of aromatic nitrogens is 2. The summed E-state index contributed by atoms with van der Waals surface area (Å²) in [4.78, 5) is 16.8. The Bertz CT molecular complexity index is 811. The van der Waals surface area contributed by atoms with Crippen LogP contribution in [0.5, 0.6) is 11.5 Å². The number of ether oxygens (including phenoxy) is 2. The number of aryl methyl sites for hydroxylation is 2. The average Bonchev–Trinajstić information content (AvgIpc) is 3.26. The van der Waals surface area contributed by atoms with Crippen molar-refractivity contribution in [2.75, 3.05) is 33.0 Å². The predicted molar refractivity (Wildman–Crippen MR) is 104 cm³/mol. The predicted octanol–water partition coefficient (Wildman–Crippen LogP) is 2.42. The van der Waals surface area contributed by atoms with Crippen LogP contribution in [0, 0.1) is 6.92 Å². The molecule has 1 aromatic carbocycles. The summed E-state index contributed by atoms with van der Waals surface area (Å²) in [6.07, 6.45) is 2.40. The average molecular weight is 435 g/mol. The van der Waals surface area contributed by atoms with Crippen LogP contribution in [0.1, 0.15) is 17.7 Å². The number of fused-ring (bicyclic) bond motifs is 1. The van der Waals surface area contributed by atoms with Gasteiger partial charge < -0.3 is 14.4 Å². The molecule has 3 heterocycles. The Hall–Kier alpha value is -2.06. The van der Waals surface area contributed by atoms with E-state index in [4.69, 9.17) is 9.47 Å². The number of rotatable bonds is 5. The second-order valence-electron chi connectivity index (χ2n) is 6.92. The third-order valence-electron chi connectivity index (χ3n) is 5.01. The van der Waals surface area contributed by atoms with E-state index in [0.29, 0.717) is 19.8 Å². The fourth-order valence-electron chi connectivity index (χ4n) is 3.43. The molecule has 2 aliphatic rings. The van der Waals surface area contributed by atoms with E-state index < -0.39 is 0 Å². The molecule has 1 saturated heterocycles. The molecule has 2 aliphatic heterocycles. The molecule has 7 nitrogen and oxygen atoms in total. The van der Waals surface area contributed by atoms with Gasteiger partial charge >= 0.3 is 0 Å². The lowest BCUT2D eigenvalue weighted by molar-refractivity contribution is -0.133. The number of hydrogen-bond donors (Lipinski definition) is 0. The normalized spacial score (nSPS) is 16.7. The first-order chi connectivity index (χ1) is 13.1. The summed E-state index contributed by atoms with van der Waals surface area (Å²) in [5.74, 6) is 1.83. The molecule has 0 radical (unpaired) electrons. The van der Waals surface area contributed by atoms with Gasteiger partial charge in [-0.05, 0) is 40.5 Å².